The van der Waals surface area contributed by atoms with Crippen LogP contribution in [0.5, 0.6) is 11.5 Å². The van der Waals surface area contributed by atoms with Crippen LogP contribution in [-0.2, 0) is 4.79 Å². The molecule has 122 valence electrons. The normalized spacial score (nSPS) is 11.2. The monoisotopic (exact) mass is 342 g/mol. The van der Waals surface area contributed by atoms with Crippen molar-refractivity contribution in [2.45, 2.75) is 5.16 Å². The topological polar surface area (TPSA) is 111 Å². The minimum Gasteiger partial charge on any atom is -0.504 e. The average Bonchev–Trinajstić information content (AvgIpc) is 2.99. The van der Waals surface area contributed by atoms with Gasteiger partial charge in [0, 0.05) is 0 Å². The number of thioether (sulfide) groups is 1. The smallest absolute Gasteiger partial charge is 0.250 e. The number of para-hydroxylation sites is 2. The molecule has 24 heavy (non-hydrogen) atoms. The fraction of sp³-hybridized carbons (Fsp3) is 0.0625. The summed E-state index contributed by atoms with van der Waals surface area (Å²) in [4.78, 5) is 19.3. The highest BCUT2D eigenvalue weighted by atomic mass is 32.2. The van der Waals surface area contributed by atoms with Crippen LogP contribution in [0.4, 0.5) is 0 Å². The maximum absolute atomic E-state index is 11.8. The number of phenolic OH excluding ortho intramolecular Hbond substituents is 2. The van der Waals surface area contributed by atoms with E-state index in [1.807, 2.05) is 24.3 Å². The Balaban J connectivity index is 1.51. The second-order valence-corrected chi connectivity index (χ2v) is 5.85. The molecule has 0 spiro atoms. The number of nitrogens with zero attached hydrogens (tertiary/aromatic N) is 2. The van der Waals surface area contributed by atoms with Gasteiger partial charge in [0.05, 0.1) is 23.0 Å². The number of aromatic nitrogens is 2. The number of amides is 1. The molecule has 0 saturated carbocycles. The maximum Gasteiger partial charge on any atom is 0.250 e. The number of hydrogen-bond donors (Lipinski definition) is 4. The Bertz CT molecular complexity index is 874. The van der Waals surface area contributed by atoms with Crippen LogP contribution in [0.3, 0.4) is 0 Å². The molecule has 0 aliphatic rings. The summed E-state index contributed by atoms with van der Waals surface area (Å²) in [5.41, 5.74) is 4.72. The summed E-state index contributed by atoms with van der Waals surface area (Å²) in [6, 6.07) is 11.9. The van der Waals surface area contributed by atoms with Gasteiger partial charge in [-0.2, -0.15) is 5.10 Å². The Labute approximate surface area is 141 Å². The van der Waals surface area contributed by atoms with E-state index in [9.17, 15) is 15.0 Å². The van der Waals surface area contributed by atoms with Gasteiger partial charge in [-0.25, -0.2) is 10.4 Å². The molecule has 4 N–H and O–H groups in total. The molecule has 3 rings (SSSR count). The molecule has 1 heterocycles. The number of imidazole rings is 1. The van der Waals surface area contributed by atoms with Gasteiger partial charge in [-0.15, -0.1) is 0 Å². The Morgan fingerprint density at radius 3 is 2.88 bits per heavy atom. The van der Waals surface area contributed by atoms with Crippen molar-refractivity contribution in [3.05, 3.63) is 48.0 Å². The lowest BCUT2D eigenvalue weighted by Gasteiger charge is -1.99. The minimum absolute atomic E-state index is 0.165. The van der Waals surface area contributed by atoms with E-state index in [1.165, 1.54) is 30.1 Å². The zero-order chi connectivity index (χ0) is 16.9. The number of benzene rings is 2. The standard InChI is InChI=1S/C16H14N4O3S/c21-13-6-5-10(7-14(13)22)8-17-20-15(23)9-24-16-18-11-3-1-2-4-12(11)19-16/h1-8,21-22H,9H2,(H,18,19)(H,20,23). The molecular weight excluding hydrogens is 328 g/mol. The van der Waals surface area contributed by atoms with Crippen LogP contribution in [0, 0.1) is 0 Å². The van der Waals surface area contributed by atoms with E-state index >= 15 is 0 Å². The number of rotatable bonds is 5. The molecule has 0 radical (unpaired) electrons. The summed E-state index contributed by atoms with van der Waals surface area (Å²) in [6.07, 6.45) is 1.38. The molecule has 1 aromatic heterocycles. The van der Waals surface area contributed by atoms with Crippen molar-refractivity contribution in [3.8, 4) is 11.5 Å². The van der Waals surface area contributed by atoms with Gasteiger partial charge in [0.15, 0.2) is 16.7 Å². The molecule has 0 atom stereocenters. The van der Waals surface area contributed by atoms with Crippen molar-refractivity contribution in [1.29, 1.82) is 0 Å². The summed E-state index contributed by atoms with van der Waals surface area (Å²) in [6.45, 7) is 0. The first kappa shape index (κ1) is 15.9. The molecule has 0 saturated heterocycles. The van der Waals surface area contributed by atoms with Gasteiger partial charge in [-0.1, -0.05) is 23.9 Å². The Morgan fingerprint density at radius 2 is 2.08 bits per heavy atom. The summed E-state index contributed by atoms with van der Waals surface area (Å²) in [5, 5.41) is 23.0. The molecule has 1 amide bonds. The highest BCUT2D eigenvalue weighted by Gasteiger charge is 2.06. The second-order valence-electron chi connectivity index (χ2n) is 4.89. The first-order chi connectivity index (χ1) is 11.6. The van der Waals surface area contributed by atoms with Crippen molar-refractivity contribution in [3.63, 3.8) is 0 Å². The van der Waals surface area contributed by atoms with Crippen LogP contribution in [-0.4, -0.2) is 38.1 Å². The first-order valence-corrected chi connectivity index (χ1v) is 8.02. The average molecular weight is 342 g/mol. The quantitative estimate of drug-likeness (QED) is 0.246. The van der Waals surface area contributed by atoms with Gasteiger partial charge in [0.25, 0.3) is 5.91 Å². The molecule has 0 unspecified atom stereocenters. The SMILES string of the molecule is O=C(CSc1nc2ccccc2[nH]1)NN=Cc1ccc(O)c(O)c1. The number of nitrogens with one attached hydrogen (secondary N) is 2. The molecule has 7 nitrogen and oxygen atoms in total. The molecular formula is C16H14N4O3S. The van der Waals surface area contributed by atoms with E-state index < -0.39 is 0 Å². The third-order valence-corrected chi connectivity index (χ3v) is 3.98. The minimum atomic E-state index is -0.278. The zero-order valence-electron chi connectivity index (χ0n) is 12.4. The predicted molar refractivity (Wildman–Crippen MR) is 92.3 cm³/mol. The van der Waals surface area contributed by atoms with Crippen molar-refractivity contribution < 1.29 is 15.0 Å². The summed E-state index contributed by atoms with van der Waals surface area (Å²) in [5.74, 6) is -0.568. The van der Waals surface area contributed by atoms with Crippen molar-refractivity contribution in [1.82, 2.24) is 15.4 Å². The number of phenols is 2. The van der Waals surface area contributed by atoms with E-state index in [0.717, 1.165) is 11.0 Å². The number of H-pyrrole nitrogens is 1. The fourth-order valence-corrected chi connectivity index (χ4v) is 2.64. The van der Waals surface area contributed by atoms with Gasteiger partial charge >= 0.3 is 0 Å². The number of hydrazone groups is 1. The summed E-state index contributed by atoms with van der Waals surface area (Å²) >= 11 is 1.28. The molecule has 0 bridgehead atoms. The highest BCUT2D eigenvalue weighted by molar-refractivity contribution is 7.99. The van der Waals surface area contributed by atoms with Crippen molar-refractivity contribution >= 4 is 34.9 Å². The van der Waals surface area contributed by atoms with Crippen LogP contribution in [0.2, 0.25) is 0 Å². The Hall–Kier alpha value is -3.00. The maximum atomic E-state index is 11.8. The summed E-state index contributed by atoms with van der Waals surface area (Å²) in [7, 11) is 0. The van der Waals surface area contributed by atoms with Crippen LogP contribution in [0.1, 0.15) is 5.56 Å². The molecule has 2 aromatic carbocycles. The third-order valence-electron chi connectivity index (χ3n) is 3.11. The molecule has 8 heteroatoms. The molecule has 0 aliphatic carbocycles. The number of aromatic amines is 1. The fourth-order valence-electron chi connectivity index (χ4n) is 1.96. The highest BCUT2D eigenvalue weighted by Crippen LogP contribution is 2.24. The lowest BCUT2D eigenvalue weighted by Crippen LogP contribution is -2.19. The first-order valence-electron chi connectivity index (χ1n) is 7.03. The number of hydrogen-bond acceptors (Lipinski definition) is 6. The molecule has 0 fully saturated rings. The van der Waals surface area contributed by atoms with Crippen LogP contribution < -0.4 is 5.43 Å². The van der Waals surface area contributed by atoms with E-state index in [1.54, 1.807) is 6.07 Å². The number of carbonyl (C=O) groups is 1. The van der Waals surface area contributed by atoms with Crippen LogP contribution in [0.15, 0.2) is 52.7 Å². The second kappa shape index (κ2) is 7.05. The van der Waals surface area contributed by atoms with Crippen LogP contribution in [0.25, 0.3) is 11.0 Å². The number of fused-ring (bicyclic) bond motifs is 1. The Kier molecular flexibility index (Phi) is 4.66. The number of carbonyl (C=O) groups excluding carboxylic acids is 1. The lowest BCUT2D eigenvalue weighted by atomic mass is 10.2. The Morgan fingerprint density at radius 1 is 1.25 bits per heavy atom. The van der Waals surface area contributed by atoms with Gasteiger partial charge in [0.1, 0.15) is 0 Å². The van der Waals surface area contributed by atoms with E-state index in [-0.39, 0.29) is 23.2 Å². The predicted octanol–water partition coefficient (Wildman–Crippen LogP) is 2.22. The zero-order valence-corrected chi connectivity index (χ0v) is 13.2. The van der Waals surface area contributed by atoms with Gasteiger partial charge in [-0.3, -0.25) is 4.79 Å². The molecule has 3 aromatic rings. The van der Waals surface area contributed by atoms with E-state index in [2.05, 4.69) is 20.5 Å². The third kappa shape index (κ3) is 3.85. The van der Waals surface area contributed by atoms with E-state index in [4.69, 9.17) is 0 Å². The van der Waals surface area contributed by atoms with Crippen LogP contribution >= 0.6 is 11.8 Å². The van der Waals surface area contributed by atoms with E-state index in [0.29, 0.717) is 10.7 Å². The van der Waals surface area contributed by atoms with Crippen molar-refractivity contribution in [2.75, 3.05) is 5.75 Å². The van der Waals surface area contributed by atoms with Gasteiger partial charge in [-0.05, 0) is 35.9 Å². The van der Waals surface area contributed by atoms with Crippen molar-refractivity contribution in [2.24, 2.45) is 5.10 Å². The largest absolute Gasteiger partial charge is 0.504 e. The lowest BCUT2D eigenvalue weighted by molar-refractivity contribution is -0.118. The molecule has 0 aliphatic heterocycles. The number of aromatic hydroxyl groups is 2. The summed E-state index contributed by atoms with van der Waals surface area (Å²) < 4.78 is 0. The van der Waals surface area contributed by atoms with Gasteiger partial charge in [0.2, 0.25) is 0 Å². The van der Waals surface area contributed by atoms with Gasteiger partial charge < -0.3 is 15.2 Å².